The fourth-order valence-corrected chi connectivity index (χ4v) is 1.12. The fourth-order valence-electron chi connectivity index (χ4n) is 1.12. The lowest BCUT2D eigenvalue weighted by Gasteiger charge is -2.07. The third-order valence-electron chi connectivity index (χ3n) is 2.05. The molecule has 4 heteroatoms. The topological polar surface area (TPSA) is 69.4 Å². The van der Waals surface area contributed by atoms with Crippen molar-refractivity contribution in [2.24, 2.45) is 5.73 Å². The summed E-state index contributed by atoms with van der Waals surface area (Å²) in [7, 11) is 0. The molecule has 1 aromatic rings. The Morgan fingerprint density at radius 2 is 1.94 bits per heavy atom. The molecule has 85 valence electrons. The Morgan fingerprint density at radius 1 is 1.38 bits per heavy atom. The maximum atomic E-state index is 11.1. The van der Waals surface area contributed by atoms with Crippen molar-refractivity contribution in [3.05, 3.63) is 35.4 Å². The van der Waals surface area contributed by atoms with Crippen LogP contribution in [0.1, 0.15) is 18.1 Å². The Balaban J connectivity index is 2.49. The van der Waals surface area contributed by atoms with Gasteiger partial charge in [0.2, 0.25) is 6.29 Å². The van der Waals surface area contributed by atoms with Gasteiger partial charge < -0.3 is 10.5 Å². The van der Waals surface area contributed by atoms with Crippen LogP contribution in [0, 0.1) is 0 Å². The molecule has 0 amide bonds. The first-order valence-corrected chi connectivity index (χ1v) is 4.98. The molecule has 0 unspecified atom stereocenters. The van der Waals surface area contributed by atoms with Gasteiger partial charge in [0.05, 0.1) is 0 Å². The molecule has 2 N–H and O–H groups in total. The maximum Gasteiger partial charge on any atom is 0.322 e. The molecular weight excluding hydrogens is 206 g/mol. The molecule has 0 spiro atoms. The maximum absolute atomic E-state index is 11.1. The molecule has 1 atom stereocenters. The number of carbonyl (C=O) groups is 1. The lowest BCUT2D eigenvalue weighted by molar-refractivity contribution is -0.146. The van der Waals surface area contributed by atoms with Crippen molar-refractivity contribution in [2.75, 3.05) is 0 Å². The van der Waals surface area contributed by atoms with Crippen LogP contribution in [0.15, 0.2) is 24.3 Å². The minimum atomic E-state index is -0.607. The lowest BCUT2D eigenvalue weighted by Crippen LogP contribution is -2.28. The smallest absolute Gasteiger partial charge is 0.322 e. The van der Waals surface area contributed by atoms with Crippen LogP contribution >= 0.6 is 0 Å². The van der Waals surface area contributed by atoms with E-state index in [1.165, 1.54) is 0 Å². The van der Waals surface area contributed by atoms with E-state index in [0.717, 1.165) is 11.1 Å². The molecule has 0 heterocycles. The SMILES string of the molecule is C[C@H](N)C(=O)OCc1ccc(C[C]=O)cc1. The first-order chi connectivity index (χ1) is 7.63. The van der Waals surface area contributed by atoms with Crippen LogP contribution in [0.25, 0.3) is 0 Å². The van der Waals surface area contributed by atoms with Gasteiger partial charge in [-0.05, 0) is 18.1 Å². The summed E-state index contributed by atoms with van der Waals surface area (Å²) < 4.78 is 4.95. The number of hydrogen-bond acceptors (Lipinski definition) is 4. The molecule has 4 nitrogen and oxygen atoms in total. The van der Waals surface area contributed by atoms with E-state index in [1.807, 2.05) is 6.29 Å². The van der Waals surface area contributed by atoms with Crippen LogP contribution in [0.4, 0.5) is 0 Å². The van der Waals surface area contributed by atoms with E-state index in [2.05, 4.69) is 0 Å². The summed E-state index contributed by atoms with van der Waals surface area (Å²) in [5.74, 6) is -0.426. The van der Waals surface area contributed by atoms with Gasteiger partial charge >= 0.3 is 5.97 Å². The zero-order chi connectivity index (χ0) is 12.0. The summed E-state index contributed by atoms with van der Waals surface area (Å²) in [5.41, 5.74) is 7.10. The third-order valence-corrected chi connectivity index (χ3v) is 2.05. The van der Waals surface area contributed by atoms with Crippen molar-refractivity contribution in [3.63, 3.8) is 0 Å². The molecule has 1 radical (unpaired) electrons. The third kappa shape index (κ3) is 3.82. The van der Waals surface area contributed by atoms with E-state index in [-0.39, 0.29) is 13.0 Å². The first kappa shape index (κ1) is 12.4. The summed E-state index contributed by atoms with van der Waals surface area (Å²) >= 11 is 0. The van der Waals surface area contributed by atoms with Gasteiger partial charge in [-0.1, -0.05) is 24.3 Å². The van der Waals surface area contributed by atoms with Gasteiger partial charge in [0.15, 0.2) is 0 Å². The summed E-state index contributed by atoms with van der Waals surface area (Å²) in [6.45, 7) is 1.77. The molecule has 0 bridgehead atoms. The Morgan fingerprint density at radius 3 is 2.44 bits per heavy atom. The second-order valence-corrected chi connectivity index (χ2v) is 3.53. The summed E-state index contributed by atoms with van der Waals surface area (Å²) in [6, 6.07) is 6.62. The minimum absolute atomic E-state index is 0.200. The molecule has 0 saturated carbocycles. The van der Waals surface area contributed by atoms with Crippen molar-refractivity contribution in [3.8, 4) is 0 Å². The molecule has 0 saturated heterocycles. The van der Waals surface area contributed by atoms with Crippen LogP contribution < -0.4 is 5.73 Å². The van der Waals surface area contributed by atoms with Crippen molar-refractivity contribution in [1.29, 1.82) is 0 Å². The standard InChI is InChI=1S/C12H14NO3/c1-9(13)12(15)16-8-11-4-2-10(3-5-11)6-7-14/h2-5,9H,6,8,13H2,1H3/t9-/m0/s1. The van der Waals surface area contributed by atoms with Crippen LogP contribution in [0.3, 0.4) is 0 Å². The molecule has 0 aliphatic heterocycles. The zero-order valence-electron chi connectivity index (χ0n) is 9.10. The van der Waals surface area contributed by atoms with E-state index >= 15 is 0 Å². The quantitative estimate of drug-likeness (QED) is 0.743. The van der Waals surface area contributed by atoms with Crippen LogP contribution in [0.5, 0.6) is 0 Å². The second-order valence-electron chi connectivity index (χ2n) is 3.53. The second kappa shape index (κ2) is 6.02. The molecular formula is C12H14NO3. The minimum Gasteiger partial charge on any atom is -0.460 e. The van der Waals surface area contributed by atoms with Crippen molar-refractivity contribution < 1.29 is 14.3 Å². The molecule has 1 aromatic carbocycles. The number of rotatable bonds is 5. The van der Waals surface area contributed by atoms with E-state index in [1.54, 1.807) is 31.2 Å². The number of esters is 1. The highest BCUT2D eigenvalue weighted by molar-refractivity contribution is 5.74. The lowest BCUT2D eigenvalue weighted by atomic mass is 10.1. The molecule has 0 fully saturated rings. The van der Waals surface area contributed by atoms with E-state index in [4.69, 9.17) is 10.5 Å². The van der Waals surface area contributed by atoms with Crippen LogP contribution in [-0.2, 0) is 27.4 Å². The average molecular weight is 220 g/mol. The highest BCUT2D eigenvalue weighted by Gasteiger charge is 2.08. The molecule has 0 aliphatic rings. The van der Waals surface area contributed by atoms with E-state index < -0.39 is 12.0 Å². The highest BCUT2D eigenvalue weighted by Crippen LogP contribution is 2.06. The number of nitrogens with two attached hydrogens (primary N) is 1. The van der Waals surface area contributed by atoms with Crippen LogP contribution in [0.2, 0.25) is 0 Å². The van der Waals surface area contributed by atoms with Gasteiger partial charge in [-0.25, -0.2) is 0 Å². The van der Waals surface area contributed by atoms with E-state index in [9.17, 15) is 9.59 Å². The summed E-state index contributed by atoms with van der Waals surface area (Å²) in [6.07, 6.45) is 2.09. The normalized spacial score (nSPS) is 11.9. The van der Waals surface area contributed by atoms with Gasteiger partial charge in [0, 0.05) is 6.42 Å². The Hall–Kier alpha value is -1.68. The molecule has 1 rings (SSSR count). The predicted molar refractivity (Wildman–Crippen MR) is 59.3 cm³/mol. The number of hydrogen-bond donors (Lipinski definition) is 1. The van der Waals surface area contributed by atoms with Gasteiger partial charge in [-0.2, -0.15) is 0 Å². The van der Waals surface area contributed by atoms with Crippen molar-refractivity contribution in [2.45, 2.75) is 26.0 Å². The molecule has 0 aromatic heterocycles. The average Bonchev–Trinajstić information content (AvgIpc) is 2.28. The van der Waals surface area contributed by atoms with Gasteiger partial charge in [-0.15, -0.1) is 0 Å². The van der Waals surface area contributed by atoms with E-state index in [0.29, 0.717) is 0 Å². The molecule has 0 aliphatic carbocycles. The fraction of sp³-hybridized carbons (Fsp3) is 0.333. The Kier molecular flexibility index (Phi) is 4.66. The number of ether oxygens (including phenoxy) is 1. The Labute approximate surface area is 94.4 Å². The largest absolute Gasteiger partial charge is 0.460 e. The van der Waals surface area contributed by atoms with Crippen molar-refractivity contribution in [1.82, 2.24) is 0 Å². The van der Waals surface area contributed by atoms with Crippen molar-refractivity contribution >= 4 is 12.3 Å². The predicted octanol–water partition coefficient (Wildman–Crippen LogP) is 0.729. The zero-order valence-corrected chi connectivity index (χ0v) is 9.10. The summed E-state index contributed by atoms with van der Waals surface area (Å²) in [4.78, 5) is 21.2. The number of benzene rings is 1. The first-order valence-electron chi connectivity index (χ1n) is 4.98. The Bertz CT molecular complexity index is 357. The summed E-state index contributed by atoms with van der Waals surface area (Å²) in [5, 5.41) is 0. The van der Waals surface area contributed by atoms with Gasteiger partial charge in [0.25, 0.3) is 0 Å². The highest BCUT2D eigenvalue weighted by atomic mass is 16.5. The molecule has 16 heavy (non-hydrogen) atoms. The van der Waals surface area contributed by atoms with Gasteiger partial charge in [-0.3, -0.25) is 9.59 Å². The van der Waals surface area contributed by atoms with Gasteiger partial charge in [0.1, 0.15) is 12.6 Å². The number of carbonyl (C=O) groups excluding carboxylic acids is 2. The van der Waals surface area contributed by atoms with Crippen LogP contribution in [-0.4, -0.2) is 18.3 Å². The monoisotopic (exact) mass is 220 g/mol.